The minimum Gasteiger partial charge on any atom is -0.497 e. The minimum atomic E-state index is -0.531. The highest BCUT2D eigenvalue weighted by Crippen LogP contribution is 2.32. The number of carbonyl (C=O) groups excluding carboxylic acids is 1. The lowest BCUT2D eigenvalue weighted by molar-refractivity contribution is 0.0833. The second-order valence-electron chi connectivity index (χ2n) is 6.61. The Morgan fingerprint density at radius 1 is 1.36 bits per heavy atom. The van der Waals surface area contributed by atoms with Gasteiger partial charge in [0.05, 0.1) is 20.2 Å². The summed E-state index contributed by atoms with van der Waals surface area (Å²) in [5.74, 6) is 2.55. The maximum atomic E-state index is 12.7. The first-order chi connectivity index (χ1) is 11.9. The number of hydrogen-bond acceptors (Lipinski definition) is 5. The molecule has 7 nitrogen and oxygen atoms in total. The molecule has 132 valence electrons. The van der Waals surface area contributed by atoms with Gasteiger partial charge in [-0.1, -0.05) is 0 Å². The van der Waals surface area contributed by atoms with Crippen molar-refractivity contribution in [2.75, 3.05) is 19.0 Å². The monoisotopic (exact) mass is 342 g/mol. The number of rotatable bonds is 2. The van der Waals surface area contributed by atoms with Crippen LogP contribution in [0.15, 0.2) is 30.5 Å². The van der Waals surface area contributed by atoms with Gasteiger partial charge in [-0.3, -0.25) is 5.32 Å². The topological polar surface area (TPSA) is 76.6 Å². The zero-order chi connectivity index (χ0) is 18.0. The molecule has 0 spiro atoms. The van der Waals surface area contributed by atoms with Crippen molar-refractivity contribution in [1.82, 2.24) is 14.9 Å². The van der Waals surface area contributed by atoms with E-state index in [1.165, 1.54) is 0 Å². The van der Waals surface area contributed by atoms with Crippen molar-refractivity contribution in [2.24, 2.45) is 0 Å². The number of nitrogens with zero attached hydrogens (tertiary/aromatic N) is 3. The van der Waals surface area contributed by atoms with Gasteiger partial charge in [-0.2, -0.15) is 0 Å². The van der Waals surface area contributed by atoms with E-state index in [1.54, 1.807) is 31.2 Å². The van der Waals surface area contributed by atoms with E-state index in [0.717, 1.165) is 17.1 Å². The molecular weight excluding hydrogens is 320 g/mol. The first kappa shape index (κ1) is 17.0. The minimum absolute atomic E-state index is 0.224. The number of anilines is 1. The average molecular weight is 342 g/mol. The second-order valence-corrected chi connectivity index (χ2v) is 6.61. The standard InChI is InChI=1S/C18H22N4O3/c1-12-19-8-7-16(20-12)21-17(23)22-10-13-5-6-14(24-4)9-15(13)25-18(2,3)11-22/h5-9H,10-11H2,1-4H3,(H,19,20,21,23). The molecule has 0 saturated heterocycles. The molecule has 1 aliphatic rings. The number of fused-ring (bicyclic) bond motifs is 1. The number of ether oxygens (including phenoxy) is 2. The van der Waals surface area contributed by atoms with Crippen molar-refractivity contribution in [3.8, 4) is 11.5 Å². The molecule has 1 aromatic carbocycles. The van der Waals surface area contributed by atoms with Crippen LogP contribution >= 0.6 is 0 Å². The van der Waals surface area contributed by atoms with Crippen LogP contribution in [0.3, 0.4) is 0 Å². The summed E-state index contributed by atoms with van der Waals surface area (Å²) < 4.78 is 11.4. The van der Waals surface area contributed by atoms with Gasteiger partial charge in [0.25, 0.3) is 0 Å². The first-order valence-corrected chi connectivity index (χ1v) is 8.08. The number of methoxy groups -OCH3 is 1. The molecule has 0 unspecified atom stereocenters. The van der Waals surface area contributed by atoms with Crippen LogP contribution in [0.25, 0.3) is 0 Å². The van der Waals surface area contributed by atoms with Gasteiger partial charge in [0, 0.05) is 17.8 Å². The molecule has 0 saturated carbocycles. The molecule has 0 fully saturated rings. The lowest BCUT2D eigenvalue weighted by atomic mass is 10.1. The fourth-order valence-electron chi connectivity index (χ4n) is 2.80. The van der Waals surface area contributed by atoms with Crippen LogP contribution in [0.4, 0.5) is 10.6 Å². The number of urea groups is 1. The molecule has 0 bridgehead atoms. The summed E-state index contributed by atoms with van der Waals surface area (Å²) in [4.78, 5) is 22.7. The third-order valence-electron chi connectivity index (χ3n) is 3.89. The Balaban J connectivity index is 1.84. The Bertz CT molecular complexity index is 792. The molecule has 1 aliphatic heterocycles. The number of carbonyl (C=O) groups is 1. The van der Waals surface area contributed by atoms with Crippen molar-refractivity contribution in [1.29, 1.82) is 0 Å². The Morgan fingerprint density at radius 3 is 2.88 bits per heavy atom. The Morgan fingerprint density at radius 2 is 2.16 bits per heavy atom. The summed E-state index contributed by atoms with van der Waals surface area (Å²) in [7, 11) is 1.62. The van der Waals surface area contributed by atoms with Gasteiger partial charge < -0.3 is 14.4 Å². The number of nitrogens with one attached hydrogen (secondary N) is 1. The van der Waals surface area contributed by atoms with Crippen molar-refractivity contribution >= 4 is 11.8 Å². The largest absolute Gasteiger partial charge is 0.497 e. The van der Waals surface area contributed by atoms with Gasteiger partial charge >= 0.3 is 6.03 Å². The fraction of sp³-hybridized carbons (Fsp3) is 0.389. The summed E-state index contributed by atoms with van der Waals surface area (Å²) in [6.45, 7) is 6.58. The second kappa shape index (κ2) is 6.58. The zero-order valence-electron chi connectivity index (χ0n) is 14.9. The molecule has 7 heteroatoms. The maximum absolute atomic E-state index is 12.7. The quantitative estimate of drug-likeness (QED) is 0.908. The van der Waals surface area contributed by atoms with Gasteiger partial charge in [0.15, 0.2) is 0 Å². The maximum Gasteiger partial charge on any atom is 0.323 e. The Labute approximate surface area is 147 Å². The molecule has 2 heterocycles. The normalized spacial score (nSPS) is 15.6. The van der Waals surface area contributed by atoms with Crippen molar-refractivity contribution in [3.63, 3.8) is 0 Å². The molecular formula is C18H22N4O3. The van der Waals surface area contributed by atoms with Crippen LogP contribution in [0, 0.1) is 6.92 Å². The molecule has 25 heavy (non-hydrogen) atoms. The van der Waals surface area contributed by atoms with Crippen LogP contribution in [0.5, 0.6) is 11.5 Å². The van der Waals surface area contributed by atoms with Crippen molar-refractivity contribution < 1.29 is 14.3 Å². The van der Waals surface area contributed by atoms with Crippen LogP contribution in [-0.4, -0.2) is 40.2 Å². The molecule has 1 N–H and O–H groups in total. The zero-order valence-corrected chi connectivity index (χ0v) is 14.9. The van der Waals surface area contributed by atoms with E-state index in [1.807, 2.05) is 32.0 Å². The first-order valence-electron chi connectivity index (χ1n) is 8.08. The smallest absolute Gasteiger partial charge is 0.323 e. The van der Waals surface area contributed by atoms with Crippen LogP contribution < -0.4 is 14.8 Å². The Kier molecular flexibility index (Phi) is 4.48. The number of benzene rings is 1. The van der Waals surface area contributed by atoms with E-state index in [4.69, 9.17) is 9.47 Å². The van der Waals surface area contributed by atoms with Crippen LogP contribution in [0.1, 0.15) is 25.2 Å². The molecule has 2 aromatic rings. The van der Waals surface area contributed by atoms with Gasteiger partial charge in [0.2, 0.25) is 0 Å². The number of amides is 2. The van der Waals surface area contributed by atoms with E-state index in [-0.39, 0.29) is 6.03 Å². The van der Waals surface area contributed by atoms with E-state index in [0.29, 0.717) is 24.7 Å². The molecule has 0 aliphatic carbocycles. The predicted octanol–water partition coefficient (Wildman–Crippen LogP) is 3.00. The average Bonchev–Trinajstić information content (AvgIpc) is 2.68. The molecule has 2 amide bonds. The van der Waals surface area contributed by atoms with Gasteiger partial charge in [0.1, 0.15) is 28.7 Å². The fourth-order valence-corrected chi connectivity index (χ4v) is 2.80. The number of aromatic nitrogens is 2. The summed E-state index contributed by atoms with van der Waals surface area (Å²) in [6, 6.07) is 7.09. The van der Waals surface area contributed by atoms with Gasteiger partial charge in [-0.15, -0.1) is 0 Å². The highest BCUT2D eigenvalue weighted by atomic mass is 16.5. The van der Waals surface area contributed by atoms with E-state index < -0.39 is 5.60 Å². The summed E-state index contributed by atoms with van der Waals surface area (Å²) in [5, 5.41) is 2.83. The van der Waals surface area contributed by atoms with E-state index >= 15 is 0 Å². The lowest BCUT2D eigenvalue weighted by Crippen LogP contribution is -2.44. The predicted molar refractivity (Wildman–Crippen MR) is 93.9 cm³/mol. The van der Waals surface area contributed by atoms with Gasteiger partial charge in [-0.25, -0.2) is 14.8 Å². The van der Waals surface area contributed by atoms with E-state index in [2.05, 4.69) is 15.3 Å². The SMILES string of the molecule is COc1ccc2c(c1)OC(C)(C)CN(C(=O)Nc1ccnc(C)n1)C2. The number of hydrogen-bond donors (Lipinski definition) is 1. The van der Waals surface area contributed by atoms with Crippen LogP contribution in [0.2, 0.25) is 0 Å². The van der Waals surface area contributed by atoms with Crippen molar-refractivity contribution in [2.45, 2.75) is 32.9 Å². The summed E-state index contributed by atoms with van der Waals surface area (Å²) >= 11 is 0. The van der Waals surface area contributed by atoms with Crippen molar-refractivity contribution in [3.05, 3.63) is 41.9 Å². The lowest BCUT2D eigenvalue weighted by Gasteiger charge is -2.29. The highest BCUT2D eigenvalue weighted by molar-refractivity contribution is 5.88. The van der Waals surface area contributed by atoms with E-state index in [9.17, 15) is 4.79 Å². The molecule has 0 atom stereocenters. The highest BCUT2D eigenvalue weighted by Gasteiger charge is 2.32. The Hall–Kier alpha value is -2.83. The molecule has 3 rings (SSSR count). The number of aryl methyl sites for hydroxylation is 1. The summed E-state index contributed by atoms with van der Waals surface area (Å²) in [5.41, 5.74) is 0.400. The molecule has 1 aromatic heterocycles. The van der Waals surface area contributed by atoms with Gasteiger partial charge in [-0.05, 0) is 39.0 Å². The summed E-state index contributed by atoms with van der Waals surface area (Å²) in [6.07, 6.45) is 1.62. The van der Waals surface area contributed by atoms with Crippen LogP contribution in [-0.2, 0) is 6.54 Å². The third-order valence-corrected chi connectivity index (χ3v) is 3.89. The molecule has 0 radical (unpaired) electrons. The third kappa shape index (κ3) is 3.99.